The SMILES string of the molecule is CNCc1cc(OC)c2c(c1)OCO2. The van der Waals surface area contributed by atoms with Crippen molar-refractivity contribution in [2.75, 3.05) is 21.0 Å². The molecule has 14 heavy (non-hydrogen) atoms. The highest BCUT2D eigenvalue weighted by Crippen LogP contribution is 2.41. The first-order chi connectivity index (χ1) is 6.85. The zero-order valence-corrected chi connectivity index (χ0v) is 8.29. The van der Waals surface area contributed by atoms with Crippen LogP contribution in [-0.4, -0.2) is 21.0 Å². The van der Waals surface area contributed by atoms with Crippen molar-refractivity contribution in [1.29, 1.82) is 0 Å². The van der Waals surface area contributed by atoms with Crippen LogP contribution in [0.5, 0.6) is 17.2 Å². The molecule has 76 valence electrons. The van der Waals surface area contributed by atoms with Gasteiger partial charge < -0.3 is 19.5 Å². The van der Waals surface area contributed by atoms with E-state index in [2.05, 4.69) is 5.32 Å². The van der Waals surface area contributed by atoms with Gasteiger partial charge in [-0.15, -0.1) is 0 Å². The van der Waals surface area contributed by atoms with E-state index in [9.17, 15) is 0 Å². The number of hydrogen-bond donors (Lipinski definition) is 1. The largest absolute Gasteiger partial charge is 0.493 e. The summed E-state index contributed by atoms with van der Waals surface area (Å²) in [6.07, 6.45) is 0. The molecule has 1 aliphatic rings. The Balaban J connectivity index is 2.39. The van der Waals surface area contributed by atoms with Gasteiger partial charge in [-0.2, -0.15) is 0 Å². The molecular formula is C10H13NO3. The molecule has 0 saturated carbocycles. The van der Waals surface area contributed by atoms with Gasteiger partial charge in [-0.05, 0) is 24.7 Å². The molecule has 1 heterocycles. The van der Waals surface area contributed by atoms with Crippen LogP contribution in [0.3, 0.4) is 0 Å². The van der Waals surface area contributed by atoms with Gasteiger partial charge in [0.05, 0.1) is 7.11 Å². The number of rotatable bonds is 3. The van der Waals surface area contributed by atoms with Crippen LogP contribution in [0, 0.1) is 0 Å². The summed E-state index contributed by atoms with van der Waals surface area (Å²) in [5, 5.41) is 3.07. The first-order valence-corrected chi connectivity index (χ1v) is 4.46. The molecule has 4 heteroatoms. The minimum atomic E-state index is 0.273. The van der Waals surface area contributed by atoms with Gasteiger partial charge in [-0.25, -0.2) is 0 Å². The molecule has 0 aliphatic carbocycles. The number of benzene rings is 1. The zero-order chi connectivity index (χ0) is 9.97. The second kappa shape index (κ2) is 3.75. The second-order valence-corrected chi connectivity index (χ2v) is 3.06. The molecule has 0 radical (unpaired) electrons. The van der Waals surface area contributed by atoms with Gasteiger partial charge >= 0.3 is 0 Å². The summed E-state index contributed by atoms with van der Waals surface area (Å²) in [6, 6.07) is 3.91. The van der Waals surface area contributed by atoms with E-state index in [0.29, 0.717) is 5.75 Å². The Labute approximate surface area is 82.8 Å². The first-order valence-electron chi connectivity index (χ1n) is 4.46. The van der Waals surface area contributed by atoms with Crippen molar-refractivity contribution in [3.05, 3.63) is 17.7 Å². The third-order valence-corrected chi connectivity index (χ3v) is 2.10. The van der Waals surface area contributed by atoms with E-state index in [1.54, 1.807) is 7.11 Å². The van der Waals surface area contributed by atoms with Gasteiger partial charge in [0.25, 0.3) is 0 Å². The lowest BCUT2D eigenvalue weighted by atomic mass is 10.2. The highest BCUT2D eigenvalue weighted by Gasteiger charge is 2.19. The maximum Gasteiger partial charge on any atom is 0.231 e. The molecule has 0 atom stereocenters. The average Bonchev–Trinajstić information content (AvgIpc) is 2.65. The number of fused-ring (bicyclic) bond motifs is 1. The van der Waals surface area contributed by atoms with Gasteiger partial charge in [-0.1, -0.05) is 0 Å². The molecule has 1 aromatic carbocycles. The third-order valence-electron chi connectivity index (χ3n) is 2.10. The Morgan fingerprint density at radius 3 is 3.00 bits per heavy atom. The molecule has 0 fully saturated rings. The molecule has 1 N–H and O–H groups in total. The summed E-state index contributed by atoms with van der Waals surface area (Å²) in [5.41, 5.74) is 1.12. The quantitative estimate of drug-likeness (QED) is 0.785. The molecule has 0 unspecified atom stereocenters. The van der Waals surface area contributed by atoms with Crippen molar-refractivity contribution in [2.45, 2.75) is 6.54 Å². The van der Waals surface area contributed by atoms with E-state index in [4.69, 9.17) is 14.2 Å². The molecule has 0 spiro atoms. The van der Waals surface area contributed by atoms with Crippen molar-refractivity contribution in [3.8, 4) is 17.2 Å². The van der Waals surface area contributed by atoms with Crippen LogP contribution in [0.15, 0.2) is 12.1 Å². The maximum atomic E-state index is 5.30. The Morgan fingerprint density at radius 2 is 2.29 bits per heavy atom. The topological polar surface area (TPSA) is 39.7 Å². The first kappa shape index (κ1) is 9.15. The third kappa shape index (κ3) is 1.48. The highest BCUT2D eigenvalue weighted by molar-refractivity contribution is 5.55. The van der Waals surface area contributed by atoms with E-state index >= 15 is 0 Å². The summed E-state index contributed by atoms with van der Waals surface area (Å²) in [7, 11) is 3.53. The Morgan fingerprint density at radius 1 is 1.43 bits per heavy atom. The lowest BCUT2D eigenvalue weighted by Crippen LogP contribution is -2.05. The molecule has 0 aromatic heterocycles. The van der Waals surface area contributed by atoms with Crippen molar-refractivity contribution < 1.29 is 14.2 Å². The summed E-state index contributed by atoms with van der Waals surface area (Å²) < 4.78 is 15.8. The van der Waals surface area contributed by atoms with Crippen LogP contribution in [0.25, 0.3) is 0 Å². The van der Waals surface area contributed by atoms with E-state index in [1.165, 1.54) is 0 Å². The fraction of sp³-hybridized carbons (Fsp3) is 0.400. The molecule has 2 rings (SSSR count). The summed E-state index contributed by atoms with van der Waals surface area (Å²) in [6.45, 7) is 1.06. The van der Waals surface area contributed by atoms with Crippen LogP contribution >= 0.6 is 0 Å². The molecule has 0 saturated heterocycles. The van der Waals surface area contributed by atoms with Gasteiger partial charge in [0.1, 0.15) is 0 Å². The molecule has 0 bridgehead atoms. The lowest BCUT2D eigenvalue weighted by molar-refractivity contribution is 0.171. The molecule has 4 nitrogen and oxygen atoms in total. The van der Waals surface area contributed by atoms with Crippen molar-refractivity contribution >= 4 is 0 Å². The van der Waals surface area contributed by atoms with Crippen LogP contribution < -0.4 is 19.5 Å². The predicted molar refractivity (Wildman–Crippen MR) is 51.9 cm³/mol. The summed E-state index contributed by atoms with van der Waals surface area (Å²) in [4.78, 5) is 0. The molecule has 1 aliphatic heterocycles. The van der Waals surface area contributed by atoms with Gasteiger partial charge in [0.2, 0.25) is 12.5 Å². The van der Waals surface area contributed by atoms with E-state index < -0.39 is 0 Å². The second-order valence-electron chi connectivity index (χ2n) is 3.06. The van der Waals surface area contributed by atoms with Gasteiger partial charge in [-0.3, -0.25) is 0 Å². The van der Waals surface area contributed by atoms with Crippen LogP contribution in [-0.2, 0) is 6.54 Å². The van der Waals surface area contributed by atoms with E-state index in [0.717, 1.165) is 23.6 Å². The van der Waals surface area contributed by atoms with Crippen LogP contribution in [0.1, 0.15) is 5.56 Å². The number of methoxy groups -OCH3 is 1. The normalized spacial score (nSPS) is 13.0. The van der Waals surface area contributed by atoms with E-state index in [-0.39, 0.29) is 6.79 Å². The highest BCUT2D eigenvalue weighted by atomic mass is 16.7. The maximum absolute atomic E-state index is 5.30. The predicted octanol–water partition coefficient (Wildman–Crippen LogP) is 1.14. The minimum Gasteiger partial charge on any atom is -0.493 e. The zero-order valence-electron chi connectivity index (χ0n) is 8.29. The Hall–Kier alpha value is -1.42. The molecular weight excluding hydrogens is 182 g/mol. The number of ether oxygens (including phenoxy) is 3. The fourth-order valence-electron chi connectivity index (χ4n) is 1.49. The summed E-state index contributed by atoms with van der Waals surface area (Å²) in [5.74, 6) is 2.19. The molecule has 0 amide bonds. The average molecular weight is 195 g/mol. The smallest absolute Gasteiger partial charge is 0.231 e. The monoisotopic (exact) mass is 195 g/mol. The van der Waals surface area contributed by atoms with Crippen LogP contribution in [0.4, 0.5) is 0 Å². The minimum absolute atomic E-state index is 0.273. The van der Waals surface area contributed by atoms with Crippen LogP contribution in [0.2, 0.25) is 0 Å². The van der Waals surface area contributed by atoms with Crippen molar-refractivity contribution in [1.82, 2.24) is 5.32 Å². The number of nitrogens with one attached hydrogen (secondary N) is 1. The fourth-order valence-corrected chi connectivity index (χ4v) is 1.49. The van der Waals surface area contributed by atoms with Crippen molar-refractivity contribution in [3.63, 3.8) is 0 Å². The summed E-state index contributed by atoms with van der Waals surface area (Å²) >= 11 is 0. The molecule has 1 aromatic rings. The van der Waals surface area contributed by atoms with Gasteiger partial charge in [0, 0.05) is 6.54 Å². The van der Waals surface area contributed by atoms with Crippen molar-refractivity contribution in [2.24, 2.45) is 0 Å². The number of hydrogen-bond acceptors (Lipinski definition) is 4. The van der Waals surface area contributed by atoms with E-state index in [1.807, 2.05) is 19.2 Å². The standard InChI is InChI=1S/C10H13NO3/c1-11-5-7-3-8(12-2)10-9(4-7)13-6-14-10/h3-4,11H,5-6H2,1-2H3. The lowest BCUT2D eigenvalue weighted by Gasteiger charge is -2.07. The van der Waals surface area contributed by atoms with Gasteiger partial charge in [0.15, 0.2) is 11.5 Å². The Kier molecular flexibility index (Phi) is 2.45. The Bertz CT molecular complexity index is 338.